The Labute approximate surface area is 161 Å². The standard InChI is InChI=1S/C20H19ClN2O4/c21-15-8-18-17(26-4-5-27-18)7-14(15)20(25)22-9-12-6-13(11-22)16-2-1-3-19(24)23(16)10-12/h1-3,7-8,12-13H,4-6,9-11H2. The summed E-state index contributed by atoms with van der Waals surface area (Å²) < 4.78 is 13.0. The van der Waals surface area contributed by atoms with Gasteiger partial charge in [0.15, 0.2) is 11.5 Å². The molecule has 2 unspecified atom stereocenters. The zero-order valence-electron chi connectivity index (χ0n) is 14.7. The second kappa shape index (κ2) is 6.30. The fraction of sp³-hybridized carbons (Fsp3) is 0.400. The fourth-order valence-electron chi connectivity index (χ4n) is 4.46. The van der Waals surface area contributed by atoms with Crippen LogP contribution in [0.1, 0.15) is 28.4 Å². The molecular weight excluding hydrogens is 368 g/mol. The smallest absolute Gasteiger partial charge is 0.255 e. The van der Waals surface area contributed by atoms with Crippen LogP contribution >= 0.6 is 11.6 Å². The van der Waals surface area contributed by atoms with Gasteiger partial charge in [-0.05, 0) is 24.5 Å². The summed E-state index contributed by atoms with van der Waals surface area (Å²) in [6.45, 7) is 2.81. The number of hydrogen-bond acceptors (Lipinski definition) is 4. The minimum atomic E-state index is -0.0987. The third kappa shape index (κ3) is 2.79. The van der Waals surface area contributed by atoms with Crippen LogP contribution in [0.25, 0.3) is 0 Å². The molecule has 0 spiro atoms. The fourth-order valence-corrected chi connectivity index (χ4v) is 4.70. The molecule has 2 atom stereocenters. The molecule has 1 saturated heterocycles. The van der Waals surface area contributed by atoms with E-state index in [1.807, 2.05) is 15.5 Å². The van der Waals surface area contributed by atoms with Crippen LogP contribution in [-0.4, -0.2) is 41.7 Å². The zero-order valence-corrected chi connectivity index (χ0v) is 15.4. The molecule has 4 heterocycles. The van der Waals surface area contributed by atoms with Crippen molar-refractivity contribution in [2.24, 2.45) is 5.92 Å². The Morgan fingerprint density at radius 1 is 1.07 bits per heavy atom. The Balaban J connectivity index is 1.45. The van der Waals surface area contributed by atoms with E-state index in [-0.39, 0.29) is 23.3 Å². The number of fused-ring (bicyclic) bond motifs is 5. The summed E-state index contributed by atoms with van der Waals surface area (Å²) in [5.74, 6) is 1.48. The minimum absolute atomic E-state index is 0.0388. The highest BCUT2D eigenvalue weighted by Gasteiger charge is 2.37. The van der Waals surface area contributed by atoms with E-state index in [1.54, 1.807) is 24.3 Å². The van der Waals surface area contributed by atoms with Gasteiger partial charge in [0.25, 0.3) is 11.5 Å². The van der Waals surface area contributed by atoms with Gasteiger partial charge in [-0.1, -0.05) is 17.7 Å². The molecule has 1 fully saturated rings. The predicted molar refractivity (Wildman–Crippen MR) is 99.9 cm³/mol. The van der Waals surface area contributed by atoms with Crippen molar-refractivity contribution in [2.45, 2.75) is 18.9 Å². The van der Waals surface area contributed by atoms with Crippen LogP contribution in [0.2, 0.25) is 5.02 Å². The average molecular weight is 387 g/mol. The van der Waals surface area contributed by atoms with Gasteiger partial charge in [-0.2, -0.15) is 0 Å². The van der Waals surface area contributed by atoms with Gasteiger partial charge in [-0.25, -0.2) is 0 Å². The first-order chi connectivity index (χ1) is 13.1. The molecule has 3 aliphatic rings. The predicted octanol–water partition coefficient (Wildman–Crippen LogP) is 2.53. The molecule has 7 heteroatoms. The third-order valence-electron chi connectivity index (χ3n) is 5.63. The first-order valence-corrected chi connectivity index (χ1v) is 9.56. The molecule has 2 aromatic rings. The van der Waals surface area contributed by atoms with Gasteiger partial charge in [-0.15, -0.1) is 0 Å². The monoisotopic (exact) mass is 386 g/mol. The number of nitrogens with zero attached hydrogens (tertiary/aromatic N) is 2. The van der Waals surface area contributed by atoms with Gasteiger partial charge in [0, 0.05) is 43.4 Å². The summed E-state index contributed by atoms with van der Waals surface area (Å²) >= 11 is 6.37. The van der Waals surface area contributed by atoms with Crippen LogP contribution in [0.5, 0.6) is 11.5 Å². The second-order valence-electron chi connectivity index (χ2n) is 7.38. The van der Waals surface area contributed by atoms with Gasteiger partial charge in [0.1, 0.15) is 13.2 Å². The van der Waals surface area contributed by atoms with Crippen molar-refractivity contribution >= 4 is 17.5 Å². The molecule has 0 aliphatic carbocycles. The lowest BCUT2D eigenvalue weighted by atomic mass is 9.83. The van der Waals surface area contributed by atoms with E-state index < -0.39 is 0 Å². The molecule has 27 heavy (non-hydrogen) atoms. The summed E-state index contributed by atoms with van der Waals surface area (Å²) in [5.41, 5.74) is 1.49. The number of carbonyl (C=O) groups excluding carboxylic acids is 1. The lowest BCUT2D eigenvalue weighted by molar-refractivity contribution is 0.0594. The van der Waals surface area contributed by atoms with E-state index in [0.717, 1.165) is 12.1 Å². The highest BCUT2D eigenvalue weighted by molar-refractivity contribution is 6.34. The zero-order chi connectivity index (χ0) is 18.5. The van der Waals surface area contributed by atoms with Crippen molar-refractivity contribution < 1.29 is 14.3 Å². The van der Waals surface area contributed by atoms with Crippen molar-refractivity contribution in [3.05, 3.63) is 57.0 Å². The number of aromatic nitrogens is 1. The van der Waals surface area contributed by atoms with Crippen LogP contribution in [0.4, 0.5) is 0 Å². The van der Waals surface area contributed by atoms with Crippen molar-refractivity contribution in [3.8, 4) is 11.5 Å². The van der Waals surface area contributed by atoms with E-state index in [2.05, 4.69) is 0 Å². The summed E-state index contributed by atoms with van der Waals surface area (Å²) in [6, 6.07) is 8.73. The van der Waals surface area contributed by atoms with Gasteiger partial charge in [0.05, 0.1) is 10.6 Å². The molecule has 0 radical (unpaired) electrons. The van der Waals surface area contributed by atoms with Crippen LogP contribution in [0.15, 0.2) is 35.1 Å². The number of carbonyl (C=O) groups is 1. The van der Waals surface area contributed by atoms with Crippen LogP contribution in [0, 0.1) is 5.92 Å². The molecule has 1 aromatic heterocycles. The minimum Gasteiger partial charge on any atom is -0.486 e. The third-order valence-corrected chi connectivity index (χ3v) is 5.94. The SMILES string of the molecule is O=C(c1cc2c(cc1Cl)OCCO2)N1CC2CC(C1)c1cccc(=O)n1C2. The molecule has 6 nitrogen and oxygen atoms in total. The van der Waals surface area contributed by atoms with Gasteiger partial charge in [-0.3, -0.25) is 9.59 Å². The van der Waals surface area contributed by atoms with E-state index >= 15 is 0 Å². The average Bonchev–Trinajstić information content (AvgIpc) is 2.67. The van der Waals surface area contributed by atoms with Crippen molar-refractivity contribution in [3.63, 3.8) is 0 Å². The number of halogens is 1. The van der Waals surface area contributed by atoms with Gasteiger partial charge < -0.3 is 18.9 Å². The summed E-state index contributed by atoms with van der Waals surface area (Å²) in [6.07, 6.45) is 1.00. The van der Waals surface area contributed by atoms with E-state index in [9.17, 15) is 9.59 Å². The number of ether oxygens (including phenoxy) is 2. The summed E-state index contributed by atoms with van der Waals surface area (Å²) in [5, 5.41) is 0.372. The number of benzene rings is 1. The molecule has 1 amide bonds. The number of piperidine rings is 1. The van der Waals surface area contributed by atoms with Gasteiger partial charge >= 0.3 is 0 Å². The molecule has 0 N–H and O–H groups in total. The van der Waals surface area contributed by atoms with Crippen LogP contribution in [-0.2, 0) is 6.54 Å². The summed E-state index contributed by atoms with van der Waals surface area (Å²) in [4.78, 5) is 27.2. The van der Waals surface area contributed by atoms with Crippen molar-refractivity contribution in [1.82, 2.24) is 9.47 Å². The Hall–Kier alpha value is -2.47. The van der Waals surface area contributed by atoms with Crippen molar-refractivity contribution in [2.75, 3.05) is 26.3 Å². The maximum atomic E-state index is 13.2. The lowest BCUT2D eigenvalue weighted by Crippen LogP contribution is -2.49. The first kappa shape index (κ1) is 16.7. The molecule has 2 bridgehead atoms. The number of hydrogen-bond donors (Lipinski definition) is 0. The molecule has 5 rings (SSSR count). The lowest BCUT2D eigenvalue weighted by Gasteiger charge is -2.42. The maximum Gasteiger partial charge on any atom is 0.255 e. The second-order valence-corrected chi connectivity index (χ2v) is 7.79. The van der Waals surface area contributed by atoms with Crippen LogP contribution < -0.4 is 15.0 Å². The quantitative estimate of drug-likeness (QED) is 0.755. The molecule has 0 saturated carbocycles. The summed E-state index contributed by atoms with van der Waals surface area (Å²) in [7, 11) is 0. The number of amides is 1. The number of likely N-dealkylation sites (tertiary alicyclic amines) is 1. The topological polar surface area (TPSA) is 60.8 Å². The van der Waals surface area contributed by atoms with E-state index in [1.165, 1.54) is 0 Å². The Kier molecular flexibility index (Phi) is 3.90. The van der Waals surface area contributed by atoms with Crippen LogP contribution in [0.3, 0.4) is 0 Å². The molecule has 1 aromatic carbocycles. The number of rotatable bonds is 1. The highest BCUT2D eigenvalue weighted by atomic mass is 35.5. The van der Waals surface area contributed by atoms with E-state index in [4.69, 9.17) is 21.1 Å². The first-order valence-electron chi connectivity index (χ1n) is 9.18. The maximum absolute atomic E-state index is 13.2. The number of pyridine rings is 1. The largest absolute Gasteiger partial charge is 0.486 e. The molecule has 140 valence electrons. The van der Waals surface area contributed by atoms with E-state index in [0.29, 0.717) is 54.9 Å². The Morgan fingerprint density at radius 2 is 1.85 bits per heavy atom. The molecule has 3 aliphatic heterocycles. The highest BCUT2D eigenvalue weighted by Crippen LogP contribution is 2.38. The Morgan fingerprint density at radius 3 is 2.67 bits per heavy atom. The molecular formula is C20H19ClN2O4. The van der Waals surface area contributed by atoms with Gasteiger partial charge in [0.2, 0.25) is 0 Å². The Bertz CT molecular complexity index is 986. The normalized spacial score (nSPS) is 22.9. The van der Waals surface area contributed by atoms with Crippen molar-refractivity contribution in [1.29, 1.82) is 0 Å².